The van der Waals surface area contributed by atoms with E-state index < -0.39 is 6.23 Å². The molecule has 0 aliphatic heterocycles. The lowest BCUT2D eigenvalue weighted by Gasteiger charge is -2.05. The number of aliphatic hydroxyl groups excluding tert-OH is 2. The summed E-state index contributed by atoms with van der Waals surface area (Å²) >= 11 is 0. The van der Waals surface area contributed by atoms with Crippen molar-refractivity contribution in [3.63, 3.8) is 0 Å². The van der Waals surface area contributed by atoms with Crippen LogP contribution < -0.4 is 0 Å². The Morgan fingerprint density at radius 3 is 2.32 bits per heavy atom. The Balaban J connectivity index is 0.000000595. The van der Waals surface area contributed by atoms with E-state index in [1.54, 1.807) is 26.1 Å². The number of aliphatic hydroxyl groups is 2. The predicted octanol–water partition coefficient (Wildman–Crippen LogP) is 9.34. The molecule has 4 heteroatoms. The smallest absolute Gasteiger partial charge is 0.142 e. The van der Waals surface area contributed by atoms with Crippen LogP contribution in [0.2, 0.25) is 0 Å². The summed E-state index contributed by atoms with van der Waals surface area (Å²) in [5.41, 5.74) is 5.43. The number of hydrogen-bond donors (Lipinski definition) is 2. The van der Waals surface area contributed by atoms with Gasteiger partial charge in [-0.3, -0.25) is 4.99 Å². The summed E-state index contributed by atoms with van der Waals surface area (Å²) in [5.74, 6) is 1.50. The Morgan fingerprint density at radius 2 is 1.73 bits per heavy atom. The average molecular weight is 504 g/mol. The van der Waals surface area contributed by atoms with Crippen molar-refractivity contribution in [2.24, 2.45) is 4.99 Å². The number of aryl methyl sites for hydroxylation is 1. The number of allylic oxidation sites excluding steroid dienone is 5. The number of rotatable bonds is 6. The lowest BCUT2D eigenvalue weighted by Crippen LogP contribution is -1.96. The second-order valence-corrected chi connectivity index (χ2v) is 8.07. The molecule has 0 fully saturated rings. The van der Waals surface area contributed by atoms with Gasteiger partial charge in [0.25, 0.3) is 0 Å². The lowest BCUT2D eigenvalue weighted by molar-refractivity contribution is 0.206. The summed E-state index contributed by atoms with van der Waals surface area (Å²) in [6, 6.07) is 16.5. The van der Waals surface area contributed by atoms with E-state index in [2.05, 4.69) is 53.6 Å². The first-order valence-corrected chi connectivity index (χ1v) is 13.5. The minimum atomic E-state index is -0.718. The fourth-order valence-corrected chi connectivity index (χ4v) is 3.77. The van der Waals surface area contributed by atoms with Crippen molar-refractivity contribution in [2.45, 2.75) is 80.4 Å². The molecular formula is C33H45NO3. The number of fused-ring (bicyclic) bond motifs is 3. The first kappa shape index (κ1) is 31.7. The second-order valence-electron chi connectivity index (χ2n) is 8.07. The molecule has 2 aromatic carbocycles. The Morgan fingerprint density at radius 1 is 1.03 bits per heavy atom. The minimum absolute atomic E-state index is 0.414. The Hall–Kier alpha value is -3.37. The number of para-hydroxylation sites is 1. The molecule has 0 saturated heterocycles. The summed E-state index contributed by atoms with van der Waals surface area (Å²) in [5, 5.41) is 19.1. The molecule has 3 aromatic rings. The van der Waals surface area contributed by atoms with E-state index in [-0.39, 0.29) is 0 Å². The molecule has 1 heterocycles. The molecule has 1 atom stereocenters. The van der Waals surface area contributed by atoms with Crippen molar-refractivity contribution < 1.29 is 14.6 Å². The molecule has 0 amide bonds. The molecular weight excluding hydrogens is 458 g/mol. The van der Waals surface area contributed by atoms with E-state index in [1.165, 1.54) is 10.9 Å². The summed E-state index contributed by atoms with van der Waals surface area (Å²) in [6.07, 6.45) is 13.0. The zero-order valence-electron chi connectivity index (χ0n) is 23.7. The van der Waals surface area contributed by atoms with Crippen LogP contribution in [0, 0.1) is 0 Å². The SMILES string of the molecule is CC.CC.CC/C=C(/C)O.C[C@@H](O)/N=C/C(=C\Cc1cccc2c3c(oc12)CCC=C3)c1ccccc1. The van der Waals surface area contributed by atoms with Gasteiger partial charge < -0.3 is 14.6 Å². The number of hydrogen-bond acceptors (Lipinski definition) is 4. The highest BCUT2D eigenvalue weighted by atomic mass is 16.3. The predicted molar refractivity (Wildman–Crippen MR) is 161 cm³/mol. The Bertz CT molecular complexity index is 1160. The molecule has 0 radical (unpaired) electrons. The summed E-state index contributed by atoms with van der Waals surface area (Å²) in [4.78, 5) is 4.16. The van der Waals surface area contributed by atoms with Gasteiger partial charge in [-0.15, -0.1) is 0 Å². The molecule has 200 valence electrons. The van der Waals surface area contributed by atoms with Gasteiger partial charge in [0.05, 0.1) is 5.76 Å². The van der Waals surface area contributed by atoms with Gasteiger partial charge in [0.2, 0.25) is 0 Å². The minimum Gasteiger partial charge on any atom is -0.513 e. The molecule has 0 saturated carbocycles. The van der Waals surface area contributed by atoms with Gasteiger partial charge in [-0.2, -0.15) is 0 Å². The van der Waals surface area contributed by atoms with Crippen LogP contribution in [0.1, 0.15) is 83.8 Å². The van der Waals surface area contributed by atoms with E-state index in [0.29, 0.717) is 5.76 Å². The molecule has 4 nitrogen and oxygen atoms in total. The maximum atomic E-state index is 9.52. The quantitative estimate of drug-likeness (QED) is 0.260. The first-order valence-electron chi connectivity index (χ1n) is 13.5. The van der Waals surface area contributed by atoms with Crippen LogP contribution in [-0.4, -0.2) is 22.7 Å². The second kappa shape index (κ2) is 18.0. The highest BCUT2D eigenvalue weighted by molar-refractivity contribution is 6.09. The van der Waals surface area contributed by atoms with Gasteiger partial charge in [-0.1, -0.05) is 101 Å². The fourth-order valence-electron chi connectivity index (χ4n) is 3.77. The van der Waals surface area contributed by atoms with E-state index in [1.807, 2.05) is 52.8 Å². The molecule has 0 spiro atoms. The monoisotopic (exact) mass is 503 g/mol. The molecule has 0 unspecified atom stereocenters. The molecule has 1 aromatic heterocycles. The highest BCUT2D eigenvalue weighted by Crippen LogP contribution is 2.33. The van der Waals surface area contributed by atoms with Gasteiger partial charge in [-0.25, -0.2) is 0 Å². The van der Waals surface area contributed by atoms with E-state index in [4.69, 9.17) is 9.52 Å². The average Bonchev–Trinajstić information content (AvgIpc) is 3.31. The topological polar surface area (TPSA) is 66.0 Å². The van der Waals surface area contributed by atoms with Crippen molar-refractivity contribution >= 4 is 28.8 Å². The van der Waals surface area contributed by atoms with Gasteiger partial charge in [0, 0.05) is 23.6 Å². The number of furan rings is 1. The van der Waals surface area contributed by atoms with Crippen LogP contribution in [-0.2, 0) is 12.8 Å². The van der Waals surface area contributed by atoms with Crippen molar-refractivity contribution in [2.75, 3.05) is 0 Å². The van der Waals surface area contributed by atoms with Crippen LogP contribution in [0.3, 0.4) is 0 Å². The van der Waals surface area contributed by atoms with Gasteiger partial charge in [-0.05, 0) is 55.9 Å². The zero-order valence-corrected chi connectivity index (χ0v) is 23.7. The van der Waals surface area contributed by atoms with E-state index >= 15 is 0 Å². The highest BCUT2D eigenvalue weighted by Gasteiger charge is 2.16. The normalized spacial score (nSPS) is 13.5. The third-order valence-electron chi connectivity index (χ3n) is 5.31. The lowest BCUT2D eigenvalue weighted by atomic mass is 9.99. The van der Waals surface area contributed by atoms with Crippen LogP contribution in [0.5, 0.6) is 0 Å². The van der Waals surface area contributed by atoms with Crippen molar-refractivity contribution in [3.05, 3.63) is 95.0 Å². The van der Waals surface area contributed by atoms with E-state index in [9.17, 15) is 5.11 Å². The maximum Gasteiger partial charge on any atom is 0.142 e. The first-order chi connectivity index (χ1) is 18.0. The van der Waals surface area contributed by atoms with Gasteiger partial charge >= 0.3 is 0 Å². The third kappa shape index (κ3) is 10.3. The molecule has 2 N–H and O–H groups in total. The Labute approximate surface area is 223 Å². The summed E-state index contributed by atoms with van der Waals surface area (Å²) < 4.78 is 6.20. The molecule has 4 rings (SSSR count). The number of nitrogens with zero attached hydrogens (tertiary/aromatic N) is 1. The van der Waals surface area contributed by atoms with Crippen LogP contribution in [0.15, 0.2) is 81.9 Å². The van der Waals surface area contributed by atoms with Crippen LogP contribution in [0.25, 0.3) is 22.6 Å². The zero-order chi connectivity index (χ0) is 27.6. The van der Waals surface area contributed by atoms with Gasteiger partial charge in [0.1, 0.15) is 17.6 Å². The van der Waals surface area contributed by atoms with Crippen LogP contribution >= 0.6 is 0 Å². The van der Waals surface area contributed by atoms with Crippen molar-refractivity contribution in [3.8, 4) is 0 Å². The van der Waals surface area contributed by atoms with Crippen LogP contribution in [0.4, 0.5) is 0 Å². The molecule has 1 aliphatic rings. The number of benzene rings is 2. The number of aliphatic imine (C=N–C) groups is 1. The summed E-state index contributed by atoms with van der Waals surface area (Å²) in [6.45, 7) is 13.3. The molecule has 0 bridgehead atoms. The standard InChI is InChI=1S/C24H23NO2.C5H10O.2C2H6/c1-17(26)25-16-20(18-8-3-2-4-9-18)15-14-19-10-7-12-22-21-11-5-6-13-23(21)27-24(19)22;1-3-4-5(2)6;2*1-2/h2-5,7-12,15-17,26H,6,13-14H2,1H3;4,6H,3H2,1-2H3;2*1-2H3/b20-15+,25-16+;5-4-;;/t17-;;;/m1.../s1. The van der Waals surface area contributed by atoms with Crippen molar-refractivity contribution in [1.82, 2.24) is 0 Å². The molecule has 1 aliphatic carbocycles. The molecule has 37 heavy (non-hydrogen) atoms. The van der Waals surface area contributed by atoms with E-state index in [0.717, 1.165) is 53.7 Å². The summed E-state index contributed by atoms with van der Waals surface area (Å²) in [7, 11) is 0. The van der Waals surface area contributed by atoms with Gasteiger partial charge in [0.15, 0.2) is 0 Å². The largest absolute Gasteiger partial charge is 0.513 e. The fraction of sp³-hybridized carbons (Fsp3) is 0.364. The third-order valence-corrected chi connectivity index (χ3v) is 5.31. The maximum absolute atomic E-state index is 9.52. The van der Waals surface area contributed by atoms with Crippen molar-refractivity contribution in [1.29, 1.82) is 0 Å². The Kier molecular flexibility index (Phi) is 15.4.